The highest BCUT2D eigenvalue weighted by Gasteiger charge is 2.13. The summed E-state index contributed by atoms with van der Waals surface area (Å²) < 4.78 is 12.2. The van der Waals surface area contributed by atoms with Crippen LogP contribution in [0, 0.1) is 10.1 Å². The molecule has 176 valence electrons. The number of amides is 1. The van der Waals surface area contributed by atoms with E-state index in [0.717, 1.165) is 16.5 Å². The van der Waals surface area contributed by atoms with Gasteiger partial charge < -0.3 is 9.15 Å². The zero-order chi connectivity index (χ0) is 24.8. The van der Waals surface area contributed by atoms with E-state index in [9.17, 15) is 14.9 Å². The summed E-state index contributed by atoms with van der Waals surface area (Å²) in [6.07, 6.45) is 3.78. The number of non-ortho nitro benzene ring substituents is 1. The fourth-order valence-electron chi connectivity index (χ4n) is 3.45. The Bertz CT molecular complexity index is 1410. The van der Waals surface area contributed by atoms with Crippen LogP contribution in [-0.2, 0) is 13.0 Å². The number of rotatable bonds is 9. The Hall–Kier alpha value is -4.24. The van der Waals surface area contributed by atoms with E-state index in [0.29, 0.717) is 27.8 Å². The molecule has 4 aromatic rings. The normalized spacial score (nSPS) is 11.0. The summed E-state index contributed by atoms with van der Waals surface area (Å²) in [6.45, 7) is 3.95. The Labute approximate surface area is 209 Å². The van der Waals surface area contributed by atoms with E-state index in [4.69, 9.17) is 9.15 Å². The third kappa shape index (κ3) is 5.82. The van der Waals surface area contributed by atoms with Crippen molar-refractivity contribution in [1.29, 1.82) is 0 Å². The highest BCUT2D eigenvalue weighted by atomic mass is 79.9. The number of allylic oxidation sites excluding steroid dienone is 1. The van der Waals surface area contributed by atoms with Crippen LogP contribution in [0.25, 0.3) is 11.0 Å². The minimum absolute atomic E-state index is 0.00716. The number of nitro benzene ring substituents is 1. The molecular formula is C26H20BrN3O5. The van der Waals surface area contributed by atoms with Gasteiger partial charge in [-0.3, -0.25) is 14.9 Å². The quantitative estimate of drug-likeness (QED) is 0.120. The summed E-state index contributed by atoms with van der Waals surface area (Å²) in [4.78, 5) is 22.9. The van der Waals surface area contributed by atoms with Crippen LogP contribution in [-0.4, -0.2) is 17.0 Å². The highest BCUT2D eigenvalue weighted by molar-refractivity contribution is 9.10. The van der Waals surface area contributed by atoms with E-state index >= 15 is 0 Å². The summed E-state index contributed by atoms with van der Waals surface area (Å²) >= 11 is 3.52. The van der Waals surface area contributed by atoms with Gasteiger partial charge in [-0.15, -0.1) is 6.58 Å². The van der Waals surface area contributed by atoms with Gasteiger partial charge in [0, 0.05) is 17.5 Å². The number of carbonyl (C=O) groups excluding carboxylic acids is 1. The first-order chi connectivity index (χ1) is 16.9. The number of carbonyl (C=O) groups is 1. The van der Waals surface area contributed by atoms with E-state index in [1.165, 1.54) is 18.3 Å². The Morgan fingerprint density at radius 3 is 2.77 bits per heavy atom. The third-order valence-corrected chi connectivity index (χ3v) is 5.63. The number of nitrogens with one attached hydrogen (secondary N) is 1. The van der Waals surface area contributed by atoms with Crippen molar-refractivity contribution in [3.8, 4) is 5.75 Å². The SMILES string of the molecule is C=CCc1cc(/C=N/NC(=O)c2cc3ccccc3o2)cc(Br)c1OCc1cccc([N+](=O)[O-])c1. The molecule has 9 heteroatoms. The number of para-hydroxylation sites is 1. The van der Waals surface area contributed by atoms with Crippen molar-refractivity contribution in [3.63, 3.8) is 0 Å². The maximum Gasteiger partial charge on any atom is 0.307 e. The van der Waals surface area contributed by atoms with Gasteiger partial charge in [-0.05, 0) is 63.3 Å². The van der Waals surface area contributed by atoms with Crippen molar-refractivity contribution in [2.75, 3.05) is 0 Å². The topological polar surface area (TPSA) is 107 Å². The lowest BCUT2D eigenvalue weighted by Crippen LogP contribution is -2.16. The third-order valence-electron chi connectivity index (χ3n) is 5.04. The molecule has 0 fully saturated rings. The van der Waals surface area contributed by atoms with Crippen molar-refractivity contribution in [2.24, 2.45) is 5.10 Å². The average Bonchev–Trinajstić information content (AvgIpc) is 3.28. The van der Waals surface area contributed by atoms with E-state index in [-0.39, 0.29) is 18.1 Å². The van der Waals surface area contributed by atoms with E-state index in [1.807, 2.05) is 24.3 Å². The largest absolute Gasteiger partial charge is 0.487 e. The predicted molar refractivity (Wildman–Crippen MR) is 137 cm³/mol. The number of ether oxygens (including phenoxy) is 1. The van der Waals surface area contributed by atoms with Crippen LogP contribution in [0.1, 0.15) is 27.2 Å². The molecule has 0 unspecified atom stereocenters. The molecule has 4 rings (SSSR count). The van der Waals surface area contributed by atoms with Gasteiger partial charge in [0.15, 0.2) is 5.76 Å². The second-order valence-electron chi connectivity index (χ2n) is 7.55. The summed E-state index contributed by atoms with van der Waals surface area (Å²) in [5.41, 5.74) is 5.34. The molecule has 1 amide bonds. The van der Waals surface area contributed by atoms with Gasteiger partial charge in [-0.2, -0.15) is 5.10 Å². The second-order valence-corrected chi connectivity index (χ2v) is 8.40. The zero-order valence-electron chi connectivity index (χ0n) is 18.4. The number of halogens is 1. The lowest BCUT2D eigenvalue weighted by Gasteiger charge is -2.14. The average molecular weight is 534 g/mol. The minimum atomic E-state index is -0.459. The molecule has 0 saturated carbocycles. The number of benzene rings is 3. The van der Waals surface area contributed by atoms with Gasteiger partial charge in [0.2, 0.25) is 0 Å². The fourth-order valence-corrected chi connectivity index (χ4v) is 4.08. The molecule has 0 spiro atoms. The number of hydrogen-bond donors (Lipinski definition) is 1. The maximum absolute atomic E-state index is 12.4. The molecule has 1 heterocycles. The first-order valence-electron chi connectivity index (χ1n) is 10.6. The molecule has 0 saturated heterocycles. The van der Waals surface area contributed by atoms with Gasteiger partial charge in [0.05, 0.1) is 15.6 Å². The van der Waals surface area contributed by atoms with Gasteiger partial charge >= 0.3 is 5.91 Å². The first-order valence-corrected chi connectivity index (χ1v) is 11.4. The molecule has 0 aliphatic rings. The smallest absolute Gasteiger partial charge is 0.307 e. The maximum atomic E-state index is 12.4. The van der Waals surface area contributed by atoms with Gasteiger partial charge in [0.25, 0.3) is 5.69 Å². The molecule has 0 aliphatic carbocycles. The van der Waals surface area contributed by atoms with Crippen LogP contribution >= 0.6 is 15.9 Å². The molecular weight excluding hydrogens is 514 g/mol. The Kier molecular flexibility index (Phi) is 7.37. The van der Waals surface area contributed by atoms with Crippen LogP contribution in [0.5, 0.6) is 5.75 Å². The van der Waals surface area contributed by atoms with Crippen LogP contribution in [0.15, 0.2) is 93.4 Å². The molecule has 1 N–H and O–H groups in total. The van der Waals surface area contributed by atoms with Crippen LogP contribution in [0.3, 0.4) is 0 Å². The summed E-state index contributed by atoms with van der Waals surface area (Å²) in [6, 6.07) is 19.0. The summed E-state index contributed by atoms with van der Waals surface area (Å²) in [7, 11) is 0. The van der Waals surface area contributed by atoms with E-state index in [2.05, 4.69) is 33.0 Å². The van der Waals surface area contributed by atoms with Crippen molar-refractivity contribution < 1.29 is 18.9 Å². The lowest BCUT2D eigenvalue weighted by atomic mass is 10.1. The van der Waals surface area contributed by atoms with Crippen LogP contribution in [0.2, 0.25) is 0 Å². The fraction of sp³-hybridized carbons (Fsp3) is 0.0769. The van der Waals surface area contributed by atoms with Crippen molar-refractivity contribution in [2.45, 2.75) is 13.0 Å². The van der Waals surface area contributed by atoms with Crippen molar-refractivity contribution in [1.82, 2.24) is 5.43 Å². The highest BCUT2D eigenvalue weighted by Crippen LogP contribution is 2.32. The zero-order valence-corrected chi connectivity index (χ0v) is 20.0. The monoisotopic (exact) mass is 533 g/mol. The van der Waals surface area contributed by atoms with E-state index < -0.39 is 10.8 Å². The van der Waals surface area contributed by atoms with Crippen molar-refractivity contribution in [3.05, 3.63) is 116 Å². The Morgan fingerprint density at radius 2 is 2.00 bits per heavy atom. The number of hydrogen-bond acceptors (Lipinski definition) is 6. The summed E-state index contributed by atoms with van der Waals surface area (Å²) in [5, 5.41) is 15.9. The van der Waals surface area contributed by atoms with Gasteiger partial charge in [-0.25, -0.2) is 5.43 Å². The van der Waals surface area contributed by atoms with Crippen LogP contribution in [0.4, 0.5) is 5.69 Å². The molecule has 3 aromatic carbocycles. The standard InChI is InChI=1S/C26H20BrN3O5/c1-2-6-20-11-18(15-28-29-26(31)24-14-19-8-3-4-10-23(19)35-24)13-22(27)25(20)34-16-17-7-5-9-21(12-17)30(32)33/h2-5,7-15H,1,6,16H2,(H,29,31)/b28-15+. The number of nitro groups is 1. The lowest BCUT2D eigenvalue weighted by molar-refractivity contribution is -0.384. The molecule has 0 atom stereocenters. The second kappa shape index (κ2) is 10.8. The minimum Gasteiger partial charge on any atom is -0.487 e. The predicted octanol–water partition coefficient (Wildman–Crippen LogP) is 6.17. The molecule has 0 bridgehead atoms. The van der Waals surface area contributed by atoms with Crippen molar-refractivity contribution >= 4 is 44.7 Å². The first kappa shape index (κ1) is 23.9. The van der Waals surface area contributed by atoms with Gasteiger partial charge in [-0.1, -0.05) is 36.4 Å². The summed E-state index contributed by atoms with van der Waals surface area (Å²) in [5.74, 6) is 0.307. The number of hydrazone groups is 1. The molecule has 0 aliphatic heterocycles. The molecule has 1 aromatic heterocycles. The molecule has 0 radical (unpaired) electrons. The number of fused-ring (bicyclic) bond motifs is 1. The number of furan rings is 1. The molecule has 8 nitrogen and oxygen atoms in total. The Morgan fingerprint density at radius 1 is 1.17 bits per heavy atom. The Balaban J connectivity index is 1.47. The number of nitrogens with zero attached hydrogens (tertiary/aromatic N) is 2. The van der Waals surface area contributed by atoms with E-state index in [1.54, 1.807) is 36.4 Å². The van der Waals surface area contributed by atoms with Gasteiger partial charge in [0.1, 0.15) is 17.9 Å². The molecule has 35 heavy (non-hydrogen) atoms. The van der Waals surface area contributed by atoms with Crippen LogP contribution < -0.4 is 10.2 Å².